The Morgan fingerprint density at radius 1 is 0.388 bits per heavy atom. The molecule has 0 spiro atoms. The zero-order valence-electron chi connectivity index (χ0n) is 26.5. The second kappa shape index (κ2) is 11.2. The van der Waals surface area contributed by atoms with E-state index in [0.717, 1.165) is 50.5 Å². The van der Waals surface area contributed by atoms with Crippen LogP contribution in [0.2, 0.25) is 0 Å². The number of thiophene rings is 1. The van der Waals surface area contributed by atoms with E-state index in [1.165, 1.54) is 42.4 Å². The zero-order valence-corrected chi connectivity index (χ0v) is 27.3. The van der Waals surface area contributed by atoms with Gasteiger partial charge in [-0.05, 0) is 88.5 Å². The first-order valence-electron chi connectivity index (χ1n) is 16.6. The van der Waals surface area contributed by atoms with Crippen molar-refractivity contribution in [2.24, 2.45) is 0 Å². The van der Waals surface area contributed by atoms with Crippen LogP contribution in [0.25, 0.3) is 64.3 Å². The molecule has 0 saturated heterocycles. The highest BCUT2D eigenvalue weighted by Crippen LogP contribution is 2.51. The topological polar surface area (TPSA) is 12.5 Å². The van der Waals surface area contributed by atoms with Crippen LogP contribution in [0.4, 0.5) is 17.1 Å². The Labute approximate surface area is 288 Å². The van der Waals surface area contributed by atoms with Crippen molar-refractivity contribution in [3.05, 3.63) is 176 Å². The first kappa shape index (κ1) is 27.9. The number of fused-ring (bicyclic) bond motifs is 5. The molecule has 9 aromatic rings. The molecule has 1 aromatic heterocycles. The molecule has 0 aliphatic carbocycles. The number of rotatable bonds is 5. The molecule has 2 nitrogen and oxygen atoms in total. The summed E-state index contributed by atoms with van der Waals surface area (Å²) in [5, 5.41) is 4.89. The quantitative estimate of drug-likeness (QED) is 0.185. The summed E-state index contributed by atoms with van der Waals surface area (Å²) in [7, 11) is 0. The molecule has 0 amide bonds. The molecule has 0 N–H and O–H groups in total. The molecule has 0 atom stereocenters. The van der Waals surface area contributed by atoms with Crippen LogP contribution in [0.5, 0.6) is 11.5 Å². The van der Waals surface area contributed by atoms with Gasteiger partial charge in [-0.15, -0.1) is 11.3 Å². The van der Waals surface area contributed by atoms with E-state index in [4.69, 9.17) is 4.74 Å². The fourth-order valence-electron chi connectivity index (χ4n) is 7.36. The van der Waals surface area contributed by atoms with E-state index < -0.39 is 0 Å². The van der Waals surface area contributed by atoms with E-state index in [1.807, 2.05) is 11.3 Å². The van der Waals surface area contributed by atoms with E-state index in [0.29, 0.717) is 0 Å². The Hall–Kier alpha value is -6.16. The zero-order chi connectivity index (χ0) is 32.3. The maximum Gasteiger partial charge on any atom is 0.136 e. The predicted molar refractivity (Wildman–Crippen MR) is 208 cm³/mol. The Balaban J connectivity index is 1.10. The number of ether oxygens (including phenoxy) is 1. The van der Waals surface area contributed by atoms with Crippen molar-refractivity contribution >= 4 is 59.3 Å². The van der Waals surface area contributed by atoms with Crippen molar-refractivity contribution in [2.45, 2.75) is 0 Å². The summed E-state index contributed by atoms with van der Waals surface area (Å²) in [6.07, 6.45) is 0. The van der Waals surface area contributed by atoms with Crippen LogP contribution >= 0.6 is 11.3 Å². The summed E-state index contributed by atoms with van der Waals surface area (Å²) in [4.78, 5) is 2.38. The number of hydrogen-bond donors (Lipinski definition) is 0. The summed E-state index contributed by atoms with van der Waals surface area (Å²) < 4.78 is 9.34. The van der Waals surface area contributed by atoms with Crippen LogP contribution in [0.1, 0.15) is 0 Å². The van der Waals surface area contributed by atoms with E-state index in [1.54, 1.807) is 0 Å². The Morgan fingerprint density at radius 2 is 1.08 bits per heavy atom. The standard InChI is InChI=1S/C46H29NOS/c1-3-11-30(12-4-1)31-13-9-14-32(27-31)33-21-23-36-39-18-10-19-40-41(25-26-42(46(39)40)48-43(36)28-33)47(34-15-5-2-6-16-34)35-22-24-38-37-17-7-8-20-44(37)49-45(38)29-35/h1-29H. The number of hydrogen-bond acceptors (Lipinski definition) is 3. The Kier molecular flexibility index (Phi) is 6.39. The second-order valence-electron chi connectivity index (χ2n) is 12.5. The van der Waals surface area contributed by atoms with Crippen LogP contribution in [0.3, 0.4) is 0 Å². The highest BCUT2D eigenvalue weighted by Gasteiger charge is 2.25. The number of nitrogens with zero attached hydrogens (tertiary/aromatic N) is 1. The molecule has 0 unspecified atom stereocenters. The van der Waals surface area contributed by atoms with Crippen LogP contribution in [-0.2, 0) is 0 Å². The fourth-order valence-corrected chi connectivity index (χ4v) is 8.50. The monoisotopic (exact) mass is 643 g/mol. The van der Waals surface area contributed by atoms with Gasteiger partial charge >= 0.3 is 0 Å². The third kappa shape index (κ3) is 4.62. The Bertz CT molecular complexity index is 2690. The average Bonchev–Trinajstić information content (AvgIpc) is 3.54. The van der Waals surface area contributed by atoms with Crippen molar-refractivity contribution in [1.29, 1.82) is 0 Å². The summed E-state index contributed by atoms with van der Waals surface area (Å²) in [5.74, 6) is 1.76. The first-order valence-corrected chi connectivity index (χ1v) is 17.4. The number of benzene rings is 8. The van der Waals surface area contributed by atoms with Gasteiger partial charge < -0.3 is 9.64 Å². The maximum atomic E-state index is 6.75. The summed E-state index contributed by atoms with van der Waals surface area (Å²) >= 11 is 1.85. The van der Waals surface area contributed by atoms with Gasteiger partial charge in [0, 0.05) is 47.9 Å². The molecular formula is C46H29NOS. The van der Waals surface area contributed by atoms with Crippen LogP contribution in [0, 0.1) is 0 Å². The lowest BCUT2D eigenvalue weighted by Crippen LogP contribution is -2.11. The van der Waals surface area contributed by atoms with Crippen LogP contribution in [-0.4, -0.2) is 0 Å². The average molecular weight is 644 g/mol. The molecule has 0 fully saturated rings. The SMILES string of the molecule is c1ccc(-c2cccc(-c3ccc4c(c3)Oc3ccc(N(c5ccccc5)c5ccc6c(c5)sc5ccccc56)c5cccc-4c35)c2)cc1. The van der Waals surface area contributed by atoms with Crippen molar-refractivity contribution in [3.63, 3.8) is 0 Å². The van der Waals surface area contributed by atoms with Crippen molar-refractivity contribution in [2.75, 3.05) is 4.90 Å². The van der Waals surface area contributed by atoms with Crippen molar-refractivity contribution < 1.29 is 4.74 Å². The van der Waals surface area contributed by atoms with Gasteiger partial charge in [0.15, 0.2) is 0 Å². The summed E-state index contributed by atoms with van der Waals surface area (Å²) in [5.41, 5.74) is 10.4. The largest absolute Gasteiger partial charge is 0.456 e. The molecule has 230 valence electrons. The summed E-state index contributed by atoms with van der Waals surface area (Å²) in [6.45, 7) is 0. The highest BCUT2D eigenvalue weighted by molar-refractivity contribution is 7.25. The normalized spacial score (nSPS) is 11.8. The molecular weight excluding hydrogens is 615 g/mol. The predicted octanol–water partition coefficient (Wildman–Crippen LogP) is 13.8. The van der Waals surface area contributed by atoms with E-state index in [9.17, 15) is 0 Å². The van der Waals surface area contributed by atoms with Crippen LogP contribution < -0.4 is 9.64 Å². The third-order valence-electron chi connectivity index (χ3n) is 9.65. The highest BCUT2D eigenvalue weighted by atomic mass is 32.1. The van der Waals surface area contributed by atoms with E-state index in [2.05, 4.69) is 181 Å². The lowest BCUT2D eigenvalue weighted by molar-refractivity contribution is 0.487. The number of para-hydroxylation sites is 1. The molecule has 2 heterocycles. The first-order chi connectivity index (χ1) is 24.3. The molecule has 0 saturated carbocycles. The second-order valence-corrected chi connectivity index (χ2v) is 13.6. The molecule has 8 aromatic carbocycles. The number of anilines is 3. The van der Waals surface area contributed by atoms with Gasteiger partial charge in [0.25, 0.3) is 0 Å². The van der Waals surface area contributed by atoms with E-state index >= 15 is 0 Å². The molecule has 49 heavy (non-hydrogen) atoms. The van der Waals surface area contributed by atoms with Gasteiger partial charge in [-0.1, -0.05) is 115 Å². The minimum absolute atomic E-state index is 0.880. The van der Waals surface area contributed by atoms with Gasteiger partial charge in [0.05, 0.1) is 5.69 Å². The lowest BCUT2D eigenvalue weighted by Gasteiger charge is -2.29. The fraction of sp³-hybridized carbons (Fsp3) is 0. The molecule has 1 aliphatic heterocycles. The molecule has 0 radical (unpaired) electrons. The van der Waals surface area contributed by atoms with Gasteiger partial charge in [-0.2, -0.15) is 0 Å². The Morgan fingerprint density at radius 3 is 1.96 bits per heavy atom. The maximum absolute atomic E-state index is 6.75. The lowest BCUT2D eigenvalue weighted by atomic mass is 9.91. The van der Waals surface area contributed by atoms with Crippen LogP contribution in [0.15, 0.2) is 176 Å². The third-order valence-corrected chi connectivity index (χ3v) is 10.8. The van der Waals surface area contributed by atoms with Crippen molar-refractivity contribution in [1.82, 2.24) is 0 Å². The van der Waals surface area contributed by atoms with E-state index in [-0.39, 0.29) is 0 Å². The van der Waals surface area contributed by atoms with Gasteiger partial charge in [0.1, 0.15) is 11.5 Å². The molecule has 1 aliphatic rings. The van der Waals surface area contributed by atoms with Gasteiger partial charge in [-0.25, -0.2) is 0 Å². The summed E-state index contributed by atoms with van der Waals surface area (Å²) in [6, 6.07) is 63.1. The molecule has 0 bridgehead atoms. The smallest absolute Gasteiger partial charge is 0.136 e. The van der Waals surface area contributed by atoms with Gasteiger partial charge in [0.2, 0.25) is 0 Å². The minimum Gasteiger partial charge on any atom is -0.456 e. The van der Waals surface area contributed by atoms with Crippen molar-refractivity contribution in [3.8, 4) is 44.9 Å². The van der Waals surface area contributed by atoms with Gasteiger partial charge in [-0.3, -0.25) is 0 Å². The minimum atomic E-state index is 0.880. The molecule has 3 heteroatoms. The molecule has 10 rings (SSSR count).